The number of rotatable bonds is 15. The molecule has 0 saturated carbocycles. The van der Waals surface area contributed by atoms with Gasteiger partial charge in [0.2, 0.25) is 0 Å². The van der Waals surface area contributed by atoms with Gasteiger partial charge in [0.25, 0.3) is 0 Å². The number of hydrogen-bond acceptors (Lipinski definition) is 4. The molecular formula is C26H42O4. The smallest absolute Gasteiger partial charge is 0.306 e. The molecule has 0 aliphatic rings. The SMILES string of the molecule is CC(C)=CCCC(C)=CCOC(=O)CCCCC(=O)OCC=C(C)CCC=C(C)C. The highest BCUT2D eigenvalue weighted by Gasteiger charge is 2.05. The molecule has 0 aromatic carbocycles. The van der Waals surface area contributed by atoms with Crippen LogP contribution < -0.4 is 0 Å². The first-order valence-corrected chi connectivity index (χ1v) is 11.1. The lowest BCUT2D eigenvalue weighted by atomic mass is 10.1. The number of carbonyl (C=O) groups excluding carboxylic acids is 2. The summed E-state index contributed by atoms with van der Waals surface area (Å²) in [6.45, 7) is 13.1. The first-order valence-electron chi connectivity index (χ1n) is 11.1. The molecule has 0 unspecified atom stereocenters. The Balaban J connectivity index is 3.80. The molecule has 0 aromatic heterocycles. The second-order valence-corrected chi connectivity index (χ2v) is 8.31. The molecule has 0 amide bonds. The highest BCUT2D eigenvalue weighted by Crippen LogP contribution is 2.08. The van der Waals surface area contributed by atoms with Crippen LogP contribution in [0.15, 0.2) is 46.6 Å². The molecule has 4 heteroatoms. The van der Waals surface area contributed by atoms with E-state index in [2.05, 4.69) is 53.7 Å². The maximum absolute atomic E-state index is 11.8. The van der Waals surface area contributed by atoms with Gasteiger partial charge in [0, 0.05) is 12.8 Å². The summed E-state index contributed by atoms with van der Waals surface area (Å²) in [7, 11) is 0. The van der Waals surface area contributed by atoms with E-state index in [9.17, 15) is 9.59 Å². The van der Waals surface area contributed by atoms with Crippen molar-refractivity contribution < 1.29 is 19.1 Å². The van der Waals surface area contributed by atoms with Crippen molar-refractivity contribution in [3.05, 3.63) is 46.6 Å². The fourth-order valence-corrected chi connectivity index (χ4v) is 2.62. The lowest BCUT2D eigenvalue weighted by Gasteiger charge is -2.05. The molecule has 0 radical (unpaired) electrons. The largest absolute Gasteiger partial charge is 0.461 e. The van der Waals surface area contributed by atoms with Crippen molar-refractivity contribution >= 4 is 11.9 Å². The topological polar surface area (TPSA) is 52.6 Å². The zero-order valence-electron chi connectivity index (χ0n) is 20.0. The number of hydrogen-bond donors (Lipinski definition) is 0. The minimum absolute atomic E-state index is 0.216. The second-order valence-electron chi connectivity index (χ2n) is 8.31. The second kappa shape index (κ2) is 17.7. The quantitative estimate of drug-likeness (QED) is 0.163. The molecule has 170 valence electrons. The molecule has 0 aliphatic carbocycles. The van der Waals surface area contributed by atoms with Crippen LogP contribution in [0, 0.1) is 0 Å². The molecule has 0 atom stereocenters. The lowest BCUT2D eigenvalue weighted by Crippen LogP contribution is -2.07. The molecule has 0 N–H and O–H groups in total. The van der Waals surface area contributed by atoms with E-state index in [0.29, 0.717) is 38.9 Å². The van der Waals surface area contributed by atoms with E-state index in [-0.39, 0.29) is 11.9 Å². The fraction of sp³-hybridized carbons (Fsp3) is 0.615. The van der Waals surface area contributed by atoms with Crippen LogP contribution in [0.1, 0.15) is 92.9 Å². The first kappa shape index (κ1) is 27.9. The van der Waals surface area contributed by atoms with E-state index in [1.165, 1.54) is 22.3 Å². The van der Waals surface area contributed by atoms with Gasteiger partial charge in [-0.25, -0.2) is 0 Å². The Morgan fingerprint density at radius 3 is 1.27 bits per heavy atom. The number of esters is 2. The van der Waals surface area contributed by atoms with Crippen LogP contribution in [-0.2, 0) is 19.1 Å². The van der Waals surface area contributed by atoms with Gasteiger partial charge in [-0.1, -0.05) is 34.4 Å². The van der Waals surface area contributed by atoms with Gasteiger partial charge in [0.05, 0.1) is 0 Å². The monoisotopic (exact) mass is 418 g/mol. The van der Waals surface area contributed by atoms with Gasteiger partial charge >= 0.3 is 11.9 Å². The normalized spacial score (nSPS) is 11.7. The predicted octanol–water partition coefficient (Wildman–Crippen LogP) is 7.02. The Bertz CT molecular complexity index is 571. The minimum atomic E-state index is -0.216. The number of carbonyl (C=O) groups is 2. The summed E-state index contributed by atoms with van der Waals surface area (Å²) in [5.41, 5.74) is 5.09. The highest BCUT2D eigenvalue weighted by atomic mass is 16.5. The summed E-state index contributed by atoms with van der Waals surface area (Å²) in [4.78, 5) is 23.5. The van der Waals surface area contributed by atoms with Crippen molar-refractivity contribution in [1.82, 2.24) is 0 Å². The average Bonchev–Trinajstić information content (AvgIpc) is 2.64. The predicted molar refractivity (Wildman–Crippen MR) is 125 cm³/mol. The van der Waals surface area contributed by atoms with Gasteiger partial charge in [-0.05, 0) is 92.2 Å². The zero-order valence-corrected chi connectivity index (χ0v) is 20.0. The molecule has 0 rings (SSSR count). The summed E-state index contributed by atoms with van der Waals surface area (Å²) >= 11 is 0. The molecular weight excluding hydrogens is 376 g/mol. The van der Waals surface area contributed by atoms with Crippen molar-refractivity contribution in [2.45, 2.75) is 92.9 Å². The molecule has 0 spiro atoms. The van der Waals surface area contributed by atoms with Crippen LogP contribution in [-0.4, -0.2) is 25.2 Å². The highest BCUT2D eigenvalue weighted by molar-refractivity contribution is 5.70. The van der Waals surface area contributed by atoms with Crippen molar-refractivity contribution in [1.29, 1.82) is 0 Å². The van der Waals surface area contributed by atoms with E-state index >= 15 is 0 Å². The van der Waals surface area contributed by atoms with Crippen molar-refractivity contribution in [3.8, 4) is 0 Å². The molecule has 0 heterocycles. The van der Waals surface area contributed by atoms with Gasteiger partial charge in [-0.15, -0.1) is 0 Å². The third kappa shape index (κ3) is 19.2. The van der Waals surface area contributed by atoms with Gasteiger partial charge in [-0.3, -0.25) is 9.59 Å². The summed E-state index contributed by atoms with van der Waals surface area (Å²) in [5, 5.41) is 0. The van der Waals surface area contributed by atoms with Gasteiger partial charge < -0.3 is 9.47 Å². The summed E-state index contributed by atoms with van der Waals surface area (Å²) in [6, 6.07) is 0. The third-order valence-corrected chi connectivity index (χ3v) is 4.55. The van der Waals surface area contributed by atoms with Gasteiger partial charge in [0.15, 0.2) is 0 Å². The van der Waals surface area contributed by atoms with Crippen molar-refractivity contribution in [2.75, 3.05) is 13.2 Å². The Hall–Kier alpha value is -2.10. The third-order valence-electron chi connectivity index (χ3n) is 4.55. The number of unbranched alkanes of at least 4 members (excludes halogenated alkanes) is 1. The van der Waals surface area contributed by atoms with Crippen molar-refractivity contribution in [2.24, 2.45) is 0 Å². The van der Waals surface area contributed by atoms with Crippen LogP contribution in [0.4, 0.5) is 0 Å². The molecule has 0 aromatic rings. The Morgan fingerprint density at radius 2 is 0.933 bits per heavy atom. The lowest BCUT2D eigenvalue weighted by molar-refractivity contribution is -0.144. The van der Waals surface area contributed by atoms with Crippen molar-refractivity contribution in [3.63, 3.8) is 0 Å². The van der Waals surface area contributed by atoms with E-state index in [4.69, 9.17) is 9.47 Å². The zero-order chi connectivity index (χ0) is 22.8. The molecule has 30 heavy (non-hydrogen) atoms. The van der Waals surface area contributed by atoms with E-state index in [1.807, 2.05) is 12.2 Å². The van der Waals surface area contributed by atoms with Gasteiger partial charge in [0.1, 0.15) is 13.2 Å². The summed E-state index contributed by atoms with van der Waals surface area (Å²) < 4.78 is 10.5. The molecule has 0 aliphatic heterocycles. The minimum Gasteiger partial charge on any atom is -0.461 e. The summed E-state index contributed by atoms with van der Waals surface area (Å²) in [5.74, 6) is -0.432. The fourth-order valence-electron chi connectivity index (χ4n) is 2.62. The van der Waals surface area contributed by atoms with Crippen LogP contribution in [0.2, 0.25) is 0 Å². The van der Waals surface area contributed by atoms with Crippen LogP contribution in [0.5, 0.6) is 0 Å². The molecule has 0 saturated heterocycles. The molecule has 0 bridgehead atoms. The van der Waals surface area contributed by atoms with E-state index in [0.717, 1.165) is 25.7 Å². The maximum Gasteiger partial charge on any atom is 0.306 e. The number of allylic oxidation sites excluding steroid dienone is 6. The molecule has 0 fully saturated rings. The maximum atomic E-state index is 11.8. The summed E-state index contributed by atoms with van der Waals surface area (Å²) in [6.07, 6.45) is 14.3. The van der Waals surface area contributed by atoms with Crippen LogP contribution in [0.25, 0.3) is 0 Å². The van der Waals surface area contributed by atoms with E-state index < -0.39 is 0 Å². The molecule has 4 nitrogen and oxygen atoms in total. The first-order chi connectivity index (χ1) is 14.2. The average molecular weight is 419 g/mol. The van der Waals surface area contributed by atoms with Gasteiger partial charge in [-0.2, -0.15) is 0 Å². The Kier molecular flexibility index (Phi) is 16.5. The Labute approximate surface area is 184 Å². The Morgan fingerprint density at radius 1 is 0.567 bits per heavy atom. The standard InChI is InChI=1S/C26H42O4/c1-21(2)11-9-13-23(5)17-19-29-25(27)15-7-8-16-26(28)30-20-18-24(6)14-10-12-22(3)4/h11-12,17-18H,7-10,13-16,19-20H2,1-6H3. The van der Waals surface area contributed by atoms with E-state index in [1.54, 1.807) is 0 Å². The number of ether oxygens (including phenoxy) is 2. The van der Waals surface area contributed by atoms with Crippen LogP contribution >= 0.6 is 0 Å². The van der Waals surface area contributed by atoms with Crippen LogP contribution in [0.3, 0.4) is 0 Å².